The number of hydrogen-bond acceptors (Lipinski definition) is 2. The van der Waals surface area contributed by atoms with Gasteiger partial charge in [-0.1, -0.05) is 20.8 Å². The van der Waals surface area contributed by atoms with E-state index < -0.39 is 14.7 Å². The molecular weight excluding hydrogens is 289 g/mol. The molecule has 98 valence electrons. The van der Waals surface area contributed by atoms with Gasteiger partial charge in [0.05, 0.1) is 0 Å². The molecule has 16 heavy (non-hydrogen) atoms. The second-order valence-corrected chi connectivity index (χ2v) is 8.76. The van der Waals surface area contributed by atoms with Crippen molar-refractivity contribution in [3.8, 4) is 0 Å². The van der Waals surface area contributed by atoms with E-state index in [1.165, 1.54) is 6.66 Å². The van der Waals surface area contributed by atoms with Gasteiger partial charge in [-0.2, -0.15) is 0 Å². The van der Waals surface area contributed by atoms with Gasteiger partial charge in [0, 0.05) is 25.2 Å². The van der Waals surface area contributed by atoms with E-state index in [2.05, 4.69) is 0 Å². The summed E-state index contributed by atoms with van der Waals surface area (Å²) >= 11 is 0. The Labute approximate surface area is 140 Å². The zero-order valence-electron chi connectivity index (χ0n) is 9.43. The van der Waals surface area contributed by atoms with Crippen LogP contribution in [0.15, 0.2) is 0 Å². The summed E-state index contributed by atoms with van der Waals surface area (Å²) in [6, 6.07) is 0. The van der Waals surface area contributed by atoms with Crippen molar-refractivity contribution in [1.82, 2.24) is 0 Å². The van der Waals surface area contributed by atoms with E-state index in [1.807, 2.05) is 6.92 Å². The first kappa shape index (κ1) is 26.7. The molecule has 0 bridgehead atoms. The van der Waals surface area contributed by atoms with Crippen molar-refractivity contribution < 1.29 is 18.9 Å². The Hall–Kier alpha value is 2.17. The van der Waals surface area contributed by atoms with Gasteiger partial charge >= 0.3 is 37.7 Å². The summed E-state index contributed by atoms with van der Waals surface area (Å²) in [6.45, 7) is 6.73. The van der Waals surface area contributed by atoms with Gasteiger partial charge in [0.1, 0.15) is 0 Å². The molecule has 1 unspecified atom stereocenters. The fourth-order valence-corrected chi connectivity index (χ4v) is 1.92. The fourth-order valence-electron chi connectivity index (χ4n) is 0.639. The zero-order valence-corrected chi connectivity index (χ0v) is 11.2. The molecule has 0 aromatic carbocycles. The van der Waals surface area contributed by atoms with E-state index >= 15 is 0 Å². The average molecular weight is 316 g/mol. The van der Waals surface area contributed by atoms with E-state index in [1.54, 1.807) is 13.8 Å². The quantitative estimate of drug-likeness (QED) is 0.585. The summed E-state index contributed by atoms with van der Waals surface area (Å²) in [6.07, 6.45) is 2.06. The van der Waals surface area contributed by atoms with Gasteiger partial charge in [-0.15, -0.1) is 0 Å². The molecule has 0 heterocycles. The first-order valence-electron chi connectivity index (χ1n) is 4.78. The summed E-state index contributed by atoms with van der Waals surface area (Å²) in [5.74, 6) is 0. The minimum atomic E-state index is -2.67. The van der Waals surface area contributed by atoms with Crippen LogP contribution < -0.4 is 0 Å². The Morgan fingerprint density at radius 1 is 1.00 bits per heavy atom. The molecule has 0 aliphatic heterocycles. The SMILES string of the molecule is CCCP(C)(=O)O.CCP(=O)(O)CC.[AlH3].[CaH2]. The molecule has 0 amide bonds. The van der Waals surface area contributed by atoms with Crippen molar-refractivity contribution >= 4 is 69.8 Å². The van der Waals surface area contributed by atoms with Gasteiger partial charge < -0.3 is 9.79 Å². The van der Waals surface area contributed by atoms with Crippen molar-refractivity contribution in [2.45, 2.75) is 27.2 Å². The first-order valence-corrected chi connectivity index (χ1v) is 9.10. The zero-order chi connectivity index (χ0) is 11.8. The van der Waals surface area contributed by atoms with Crippen molar-refractivity contribution in [3.05, 3.63) is 0 Å². The summed E-state index contributed by atoms with van der Waals surface area (Å²) in [7, 11) is -5.32. The maximum absolute atomic E-state index is 10.5. The molecule has 0 rings (SSSR count). The van der Waals surface area contributed by atoms with E-state index in [9.17, 15) is 9.13 Å². The molecule has 0 radical (unpaired) electrons. The van der Waals surface area contributed by atoms with Crippen LogP contribution in [0.5, 0.6) is 0 Å². The van der Waals surface area contributed by atoms with Crippen LogP contribution >= 0.6 is 14.7 Å². The maximum atomic E-state index is 10.5. The van der Waals surface area contributed by atoms with Gasteiger partial charge in [-0.25, -0.2) is 0 Å². The molecule has 0 aliphatic rings. The Kier molecular flexibility index (Phi) is 22.7. The van der Waals surface area contributed by atoms with Crippen LogP contribution in [-0.4, -0.2) is 90.0 Å². The van der Waals surface area contributed by atoms with Crippen LogP contribution in [-0.2, 0) is 9.13 Å². The fraction of sp³-hybridized carbons (Fsp3) is 1.00. The second-order valence-electron chi connectivity index (χ2n) is 3.25. The van der Waals surface area contributed by atoms with Crippen LogP contribution in [0.3, 0.4) is 0 Å². The van der Waals surface area contributed by atoms with E-state index in [-0.39, 0.29) is 55.1 Å². The third kappa shape index (κ3) is 25.1. The first-order chi connectivity index (χ1) is 6.18. The van der Waals surface area contributed by atoms with Crippen LogP contribution in [0.1, 0.15) is 27.2 Å². The molecule has 2 N–H and O–H groups in total. The van der Waals surface area contributed by atoms with Crippen molar-refractivity contribution in [3.63, 3.8) is 0 Å². The summed E-state index contributed by atoms with van der Waals surface area (Å²) in [5.41, 5.74) is 0. The Morgan fingerprint density at radius 2 is 1.31 bits per heavy atom. The van der Waals surface area contributed by atoms with Gasteiger partial charge in [0.15, 0.2) is 32.1 Å². The van der Waals surface area contributed by atoms with E-state index in [4.69, 9.17) is 9.79 Å². The molecule has 0 aromatic rings. The summed E-state index contributed by atoms with van der Waals surface area (Å²) in [4.78, 5) is 17.3. The van der Waals surface area contributed by atoms with Gasteiger partial charge in [-0.05, 0) is 6.42 Å². The monoisotopic (exact) mass is 316 g/mol. The number of rotatable bonds is 4. The third-order valence-electron chi connectivity index (χ3n) is 1.63. The molecule has 8 heteroatoms. The van der Waals surface area contributed by atoms with Crippen molar-refractivity contribution in [2.24, 2.45) is 0 Å². The molecule has 0 spiro atoms. The predicted molar refractivity (Wildman–Crippen MR) is 80.3 cm³/mol. The Morgan fingerprint density at radius 3 is 1.31 bits per heavy atom. The minimum absolute atomic E-state index is 0. The van der Waals surface area contributed by atoms with Gasteiger partial charge in [0.2, 0.25) is 0 Å². The second kappa shape index (κ2) is 13.6. The number of hydrogen-bond donors (Lipinski definition) is 2. The standard InChI is InChI=1S/2C4H11O2P.Al.Ca.5H/c1-3-4-7(2,5)6;1-3-7(5,6)4-2;;;;;;;/h2*3-4H2,1-2H3,(H,5,6);;;;;;;. The molecule has 0 saturated carbocycles. The predicted octanol–water partition coefficient (Wildman–Crippen LogP) is 0.493. The van der Waals surface area contributed by atoms with Gasteiger partial charge in [-0.3, -0.25) is 9.13 Å². The molecule has 0 aromatic heterocycles. The summed E-state index contributed by atoms with van der Waals surface area (Å²) < 4.78 is 20.9. The topological polar surface area (TPSA) is 74.6 Å². The van der Waals surface area contributed by atoms with Crippen LogP contribution in [0.2, 0.25) is 0 Å². The van der Waals surface area contributed by atoms with Crippen LogP contribution in [0, 0.1) is 0 Å². The molecule has 0 saturated heterocycles. The summed E-state index contributed by atoms with van der Waals surface area (Å²) in [5, 5.41) is 0. The average Bonchev–Trinajstić information content (AvgIpc) is 2.04. The molecular formula is C8H27AlCaO4P2. The van der Waals surface area contributed by atoms with Crippen molar-refractivity contribution in [1.29, 1.82) is 0 Å². The molecule has 1 atom stereocenters. The molecule has 0 aliphatic carbocycles. The van der Waals surface area contributed by atoms with Crippen molar-refractivity contribution in [2.75, 3.05) is 25.2 Å². The normalized spacial score (nSPS) is 13.4. The van der Waals surface area contributed by atoms with Gasteiger partial charge in [0.25, 0.3) is 0 Å². The van der Waals surface area contributed by atoms with Crippen LogP contribution in [0.25, 0.3) is 0 Å². The third-order valence-corrected chi connectivity index (χ3v) is 4.88. The Balaban J connectivity index is -0.0000000800. The molecule has 0 fully saturated rings. The molecule has 4 nitrogen and oxygen atoms in total. The Bertz CT molecular complexity index is 224. The van der Waals surface area contributed by atoms with Crippen LogP contribution in [0.4, 0.5) is 0 Å². The van der Waals surface area contributed by atoms with E-state index in [0.29, 0.717) is 18.5 Å². The van der Waals surface area contributed by atoms with E-state index in [0.717, 1.165) is 6.42 Å².